The summed E-state index contributed by atoms with van der Waals surface area (Å²) in [6.07, 6.45) is 8.86. The molecular weight excluding hydrogens is 319 g/mol. The second kappa shape index (κ2) is 7.48. The minimum absolute atomic E-state index is 0.225. The van der Waals surface area contributed by atoms with Crippen molar-refractivity contribution in [3.8, 4) is 5.95 Å². The van der Waals surface area contributed by atoms with Gasteiger partial charge < -0.3 is 0 Å². The van der Waals surface area contributed by atoms with Gasteiger partial charge in [0.1, 0.15) is 11.5 Å². The first-order valence-electron chi connectivity index (χ1n) is 7.71. The first-order valence-corrected chi connectivity index (χ1v) is 7.71. The number of halogens is 1. The van der Waals surface area contributed by atoms with Crippen LogP contribution in [0.5, 0.6) is 0 Å². The molecule has 0 aliphatic heterocycles. The third-order valence-corrected chi connectivity index (χ3v) is 3.49. The lowest BCUT2D eigenvalue weighted by molar-refractivity contribution is 0.574. The average molecular weight is 336 g/mol. The van der Waals surface area contributed by atoms with Gasteiger partial charge in [0.05, 0.1) is 6.54 Å². The van der Waals surface area contributed by atoms with Crippen molar-refractivity contribution in [2.75, 3.05) is 0 Å². The van der Waals surface area contributed by atoms with Crippen LogP contribution in [0.1, 0.15) is 18.3 Å². The molecule has 0 radical (unpaired) electrons. The number of aliphatic imine (C=N–C) groups is 1. The number of nitrogens with zero attached hydrogens (tertiary/aromatic N) is 6. The van der Waals surface area contributed by atoms with Gasteiger partial charge in [-0.15, -0.1) is 5.10 Å². The maximum absolute atomic E-state index is 14.0. The first-order chi connectivity index (χ1) is 12.2. The molecule has 1 aromatic carbocycles. The van der Waals surface area contributed by atoms with Gasteiger partial charge in [-0.25, -0.2) is 13.8 Å². The van der Waals surface area contributed by atoms with Gasteiger partial charge in [0.2, 0.25) is 11.8 Å². The Bertz CT molecular complexity index is 921. The minimum atomic E-state index is -0.294. The maximum atomic E-state index is 14.0. The summed E-state index contributed by atoms with van der Waals surface area (Å²) in [6.45, 7) is 5.69. The number of hydrogen-bond acceptors (Lipinski definition) is 4. The van der Waals surface area contributed by atoms with Crippen LogP contribution >= 0.6 is 0 Å². The third kappa shape index (κ3) is 3.60. The molecule has 0 atom stereocenters. The number of hydrogen-bond donors (Lipinski definition) is 0. The Morgan fingerprint density at radius 3 is 2.84 bits per heavy atom. The van der Waals surface area contributed by atoms with Crippen LogP contribution in [0.3, 0.4) is 0 Å². The predicted molar refractivity (Wildman–Crippen MR) is 95.0 cm³/mol. The summed E-state index contributed by atoms with van der Waals surface area (Å²) in [5, 5.41) is 8.66. The zero-order valence-corrected chi connectivity index (χ0v) is 13.7. The number of rotatable bonds is 6. The second-order valence-electron chi connectivity index (χ2n) is 5.17. The molecule has 0 saturated heterocycles. The molecule has 0 N–H and O–H groups in total. The SMILES string of the molecule is C=N/C(=C\C=C/C)c1nc(-n2cccn2)n(Cc2ccccc2F)n1. The van der Waals surface area contributed by atoms with Crippen molar-refractivity contribution in [1.82, 2.24) is 24.5 Å². The van der Waals surface area contributed by atoms with Gasteiger partial charge in [0.15, 0.2) is 0 Å². The van der Waals surface area contributed by atoms with Crippen molar-refractivity contribution >= 4 is 12.4 Å². The van der Waals surface area contributed by atoms with Crippen LogP contribution in [0.2, 0.25) is 0 Å². The smallest absolute Gasteiger partial charge is 0.249 e. The fourth-order valence-electron chi connectivity index (χ4n) is 2.28. The van der Waals surface area contributed by atoms with E-state index in [0.717, 1.165) is 0 Å². The molecule has 6 nitrogen and oxygen atoms in total. The average Bonchev–Trinajstić information content (AvgIpc) is 3.27. The van der Waals surface area contributed by atoms with Gasteiger partial charge in [-0.05, 0) is 31.9 Å². The molecule has 0 aliphatic rings. The summed E-state index contributed by atoms with van der Waals surface area (Å²) >= 11 is 0. The van der Waals surface area contributed by atoms with Crippen LogP contribution < -0.4 is 0 Å². The molecule has 126 valence electrons. The zero-order valence-electron chi connectivity index (χ0n) is 13.7. The van der Waals surface area contributed by atoms with Crippen LogP contribution in [0.25, 0.3) is 11.6 Å². The molecule has 7 heteroatoms. The van der Waals surface area contributed by atoms with Crippen molar-refractivity contribution in [3.05, 3.63) is 78.2 Å². The van der Waals surface area contributed by atoms with Gasteiger partial charge in [-0.3, -0.25) is 4.99 Å². The Hall–Kier alpha value is -3.35. The van der Waals surface area contributed by atoms with Gasteiger partial charge in [0.25, 0.3) is 0 Å². The van der Waals surface area contributed by atoms with Gasteiger partial charge in [-0.2, -0.15) is 10.1 Å². The fraction of sp³-hybridized carbons (Fsp3) is 0.111. The predicted octanol–water partition coefficient (Wildman–Crippen LogP) is 3.27. The molecule has 3 rings (SSSR count). The molecule has 0 amide bonds. The molecular formula is C18H17FN6. The molecule has 0 fully saturated rings. The van der Waals surface area contributed by atoms with Crippen LogP contribution in [0.15, 0.2) is 65.9 Å². The molecule has 0 saturated carbocycles. The third-order valence-electron chi connectivity index (χ3n) is 3.49. The van der Waals surface area contributed by atoms with E-state index in [-0.39, 0.29) is 12.4 Å². The van der Waals surface area contributed by atoms with E-state index in [4.69, 9.17) is 0 Å². The van der Waals surface area contributed by atoms with Gasteiger partial charge in [-0.1, -0.05) is 30.4 Å². The minimum Gasteiger partial charge on any atom is -0.261 e. The van der Waals surface area contributed by atoms with Crippen molar-refractivity contribution < 1.29 is 4.39 Å². The Labute approximate surface area is 144 Å². The number of benzene rings is 1. The Kier molecular flexibility index (Phi) is 4.94. The summed E-state index contributed by atoms with van der Waals surface area (Å²) in [5.74, 6) is 0.575. The van der Waals surface area contributed by atoms with E-state index in [2.05, 4.69) is 26.9 Å². The Morgan fingerprint density at radius 2 is 2.16 bits per heavy atom. The lowest BCUT2D eigenvalue weighted by atomic mass is 10.2. The van der Waals surface area contributed by atoms with Crippen LogP contribution in [0.4, 0.5) is 4.39 Å². The van der Waals surface area contributed by atoms with E-state index in [9.17, 15) is 4.39 Å². The lowest BCUT2D eigenvalue weighted by Crippen LogP contribution is -2.10. The monoisotopic (exact) mass is 336 g/mol. The largest absolute Gasteiger partial charge is 0.261 e. The quantitative estimate of drug-likeness (QED) is 0.513. The zero-order chi connectivity index (χ0) is 17.6. The van der Waals surface area contributed by atoms with E-state index in [0.29, 0.717) is 23.0 Å². The number of allylic oxidation sites excluding steroid dienone is 3. The van der Waals surface area contributed by atoms with Crippen LogP contribution in [-0.4, -0.2) is 31.3 Å². The van der Waals surface area contributed by atoms with Gasteiger partial charge in [0, 0.05) is 18.0 Å². The second-order valence-corrected chi connectivity index (χ2v) is 5.17. The van der Waals surface area contributed by atoms with E-state index < -0.39 is 0 Å². The molecule has 0 spiro atoms. The van der Waals surface area contributed by atoms with Crippen LogP contribution in [-0.2, 0) is 6.54 Å². The topological polar surface area (TPSA) is 60.9 Å². The van der Waals surface area contributed by atoms with Crippen molar-refractivity contribution in [3.63, 3.8) is 0 Å². The van der Waals surface area contributed by atoms with E-state index in [1.54, 1.807) is 52.1 Å². The fourth-order valence-corrected chi connectivity index (χ4v) is 2.28. The first kappa shape index (κ1) is 16.5. The summed E-state index contributed by atoms with van der Waals surface area (Å²) in [7, 11) is 0. The lowest BCUT2D eigenvalue weighted by Gasteiger charge is -2.06. The molecule has 0 aliphatic carbocycles. The molecule has 2 heterocycles. The maximum Gasteiger partial charge on any atom is 0.249 e. The van der Waals surface area contributed by atoms with E-state index in [1.165, 1.54) is 6.07 Å². The summed E-state index contributed by atoms with van der Waals surface area (Å²) in [5.41, 5.74) is 1.04. The molecule has 25 heavy (non-hydrogen) atoms. The summed E-state index contributed by atoms with van der Waals surface area (Å²) in [6, 6.07) is 8.35. The highest BCUT2D eigenvalue weighted by atomic mass is 19.1. The van der Waals surface area contributed by atoms with Crippen molar-refractivity contribution in [1.29, 1.82) is 0 Å². The highest BCUT2D eigenvalue weighted by Gasteiger charge is 2.16. The Morgan fingerprint density at radius 1 is 1.32 bits per heavy atom. The standard InChI is InChI=1S/C18H17FN6/c1-3-4-10-16(20-2)17-22-18(24-12-7-11-21-24)25(23-17)13-14-8-5-6-9-15(14)19/h3-12H,2,13H2,1H3/b4-3-,16-10-. The highest BCUT2D eigenvalue weighted by Crippen LogP contribution is 2.17. The van der Waals surface area contributed by atoms with Gasteiger partial charge >= 0.3 is 0 Å². The van der Waals surface area contributed by atoms with Crippen molar-refractivity contribution in [2.24, 2.45) is 4.99 Å². The van der Waals surface area contributed by atoms with Crippen molar-refractivity contribution in [2.45, 2.75) is 13.5 Å². The summed E-state index contributed by atoms with van der Waals surface area (Å²) in [4.78, 5) is 8.47. The normalized spacial score (nSPS) is 12.0. The van der Waals surface area contributed by atoms with Crippen LogP contribution in [0, 0.1) is 5.82 Å². The highest BCUT2D eigenvalue weighted by molar-refractivity contribution is 5.64. The number of aromatic nitrogens is 5. The molecule has 0 bridgehead atoms. The molecule has 3 aromatic rings. The Balaban J connectivity index is 2.07. The van der Waals surface area contributed by atoms with E-state index in [1.807, 2.05) is 19.1 Å². The van der Waals surface area contributed by atoms with E-state index >= 15 is 0 Å². The summed E-state index contributed by atoms with van der Waals surface area (Å²) < 4.78 is 17.2. The molecule has 0 unspecified atom stereocenters. The molecule has 2 aromatic heterocycles.